The van der Waals surface area contributed by atoms with Gasteiger partial charge >= 0.3 is 0 Å². The first kappa shape index (κ1) is 11.9. The summed E-state index contributed by atoms with van der Waals surface area (Å²) < 4.78 is 1.32. The zero-order valence-corrected chi connectivity index (χ0v) is 12.2. The molecule has 3 heteroatoms. The summed E-state index contributed by atoms with van der Waals surface area (Å²) in [6.07, 6.45) is 0. The maximum absolute atomic E-state index is 4.93. The van der Waals surface area contributed by atoms with Gasteiger partial charge < -0.3 is 0 Å². The molecule has 1 aromatic heterocycles. The number of hydrogen-bond donors (Lipinski definition) is 0. The number of nitrogens with zero attached hydrogens (tertiary/aromatic N) is 1. The lowest BCUT2D eigenvalue weighted by atomic mass is 10.1. The third-order valence-corrected chi connectivity index (χ3v) is 5.45. The van der Waals surface area contributed by atoms with E-state index in [1.54, 1.807) is 11.3 Å². The molecule has 0 N–H and O–H groups in total. The van der Waals surface area contributed by atoms with Crippen molar-refractivity contribution in [1.82, 2.24) is 0 Å². The summed E-state index contributed by atoms with van der Waals surface area (Å²) in [7, 11) is 0. The summed E-state index contributed by atoms with van der Waals surface area (Å²) in [6.45, 7) is 0. The van der Waals surface area contributed by atoms with Gasteiger partial charge in [0.25, 0.3) is 0 Å². The fourth-order valence-corrected chi connectivity index (χ4v) is 4.37. The van der Waals surface area contributed by atoms with Gasteiger partial charge in [0.2, 0.25) is 0 Å². The molecule has 0 saturated heterocycles. The van der Waals surface area contributed by atoms with Gasteiger partial charge in [0.1, 0.15) is 0 Å². The predicted octanol–water partition coefficient (Wildman–Crippen LogP) is 5.38. The van der Waals surface area contributed by atoms with E-state index in [-0.39, 0.29) is 0 Å². The van der Waals surface area contributed by atoms with Gasteiger partial charge in [-0.1, -0.05) is 54.2 Å². The molecule has 0 spiro atoms. The average molecular weight is 293 g/mol. The van der Waals surface area contributed by atoms with Crippen LogP contribution in [-0.2, 0) is 0 Å². The van der Waals surface area contributed by atoms with Gasteiger partial charge in [0, 0.05) is 16.0 Å². The highest BCUT2D eigenvalue weighted by atomic mass is 32.2. The molecule has 1 aliphatic rings. The van der Waals surface area contributed by atoms with Gasteiger partial charge in [-0.05, 0) is 23.6 Å². The normalized spacial score (nSPS) is 13.1. The van der Waals surface area contributed by atoms with Gasteiger partial charge in [-0.2, -0.15) is 0 Å². The van der Waals surface area contributed by atoms with E-state index in [2.05, 4.69) is 53.9 Å². The molecule has 1 aliphatic heterocycles. The van der Waals surface area contributed by atoms with E-state index < -0.39 is 0 Å². The molecule has 0 fully saturated rings. The van der Waals surface area contributed by atoms with Crippen LogP contribution in [0.1, 0.15) is 11.1 Å². The van der Waals surface area contributed by atoms with E-state index in [1.807, 2.05) is 23.9 Å². The van der Waals surface area contributed by atoms with E-state index in [9.17, 15) is 0 Å². The van der Waals surface area contributed by atoms with Crippen LogP contribution in [0, 0.1) is 0 Å². The third kappa shape index (κ3) is 1.99. The quantitative estimate of drug-likeness (QED) is 0.459. The molecule has 0 unspecified atom stereocenters. The Bertz CT molecular complexity index is 788. The first-order valence-corrected chi connectivity index (χ1v) is 8.10. The molecule has 0 atom stereocenters. The Hall–Kier alpha value is -1.84. The molecule has 2 heterocycles. The number of aliphatic imine (C=N–C) groups is 1. The predicted molar refractivity (Wildman–Crippen MR) is 86.6 cm³/mol. The summed E-state index contributed by atoms with van der Waals surface area (Å²) in [5.74, 6) is 0. The van der Waals surface area contributed by atoms with Crippen LogP contribution in [0.3, 0.4) is 0 Å². The van der Waals surface area contributed by atoms with Gasteiger partial charge in [0.05, 0.1) is 15.6 Å². The van der Waals surface area contributed by atoms with Crippen LogP contribution in [-0.4, -0.2) is 5.71 Å². The molecule has 0 saturated carbocycles. The third-order valence-electron chi connectivity index (χ3n) is 3.23. The zero-order chi connectivity index (χ0) is 13.4. The van der Waals surface area contributed by atoms with Crippen LogP contribution < -0.4 is 0 Å². The molecule has 0 aliphatic carbocycles. The lowest BCUT2D eigenvalue weighted by Crippen LogP contribution is -2.01. The number of benzene rings is 2. The molecule has 1 nitrogen and oxygen atoms in total. The van der Waals surface area contributed by atoms with Gasteiger partial charge in [0.15, 0.2) is 0 Å². The molecular weight excluding hydrogens is 282 g/mol. The van der Waals surface area contributed by atoms with Gasteiger partial charge in [-0.15, -0.1) is 11.3 Å². The Morgan fingerprint density at radius 1 is 0.800 bits per heavy atom. The van der Waals surface area contributed by atoms with E-state index in [4.69, 9.17) is 4.99 Å². The largest absolute Gasteiger partial charge is 0.247 e. The summed E-state index contributed by atoms with van der Waals surface area (Å²) in [6, 6.07) is 20.9. The van der Waals surface area contributed by atoms with Crippen LogP contribution in [0.4, 0.5) is 5.69 Å². The van der Waals surface area contributed by atoms with E-state index in [0.29, 0.717) is 0 Å². The number of fused-ring (bicyclic) bond motifs is 2. The van der Waals surface area contributed by atoms with Crippen LogP contribution in [0.2, 0.25) is 0 Å². The molecule has 4 rings (SSSR count). The van der Waals surface area contributed by atoms with Crippen LogP contribution in [0.15, 0.2) is 80.1 Å². The standard InChI is InChI=1S/C17H11NS2/c1-2-6-12(7-3-1)16-13-10-11-19-17(13)20-15-9-5-4-8-14(15)18-16/h1-11H. The van der Waals surface area contributed by atoms with Crippen molar-refractivity contribution in [3.8, 4) is 0 Å². The number of thiophene rings is 1. The van der Waals surface area contributed by atoms with Crippen LogP contribution in [0.5, 0.6) is 0 Å². The highest BCUT2D eigenvalue weighted by molar-refractivity contribution is 8.01. The minimum Gasteiger partial charge on any atom is -0.247 e. The number of hydrogen-bond acceptors (Lipinski definition) is 3. The van der Waals surface area contributed by atoms with Crippen molar-refractivity contribution < 1.29 is 0 Å². The van der Waals surface area contributed by atoms with E-state index >= 15 is 0 Å². The first-order valence-electron chi connectivity index (χ1n) is 6.41. The second-order valence-corrected chi connectivity index (χ2v) is 6.74. The van der Waals surface area contributed by atoms with Crippen molar-refractivity contribution >= 4 is 34.5 Å². The Labute approximate surface area is 126 Å². The highest BCUT2D eigenvalue weighted by Crippen LogP contribution is 2.43. The zero-order valence-electron chi connectivity index (χ0n) is 10.6. The molecule has 0 amide bonds. The fraction of sp³-hybridized carbons (Fsp3) is 0. The van der Waals surface area contributed by atoms with E-state index in [1.165, 1.54) is 20.2 Å². The van der Waals surface area contributed by atoms with Crippen molar-refractivity contribution in [3.05, 3.63) is 77.2 Å². The van der Waals surface area contributed by atoms with Gasteiger partial charge in [-0.3, -0.25) is 0 Å². The molecule has 0 bridgehead atoms. The lowest BCUT2D eigenvalue weighted by Gasteiger charge is -2.04. The second kappa shape index (κ2) is 4.93. The molecule has 2 aromatic carbocycles. The minimum atomic E-state index is 1.06. The number of rotatable bonds is 1. The summed E-state index contributed by atoms with van der Waals surface area (Å²) >= 11 is 3.60. The van der Waals surface area contributed by atoms with E-state index in [0.717, 1.165) is 11.4 Å². The monoisotopic (exact) mass is 293 g/mol. The molecule has 0 radical (unpaired) electrons. The maximum Gasteiger partial charge on any atom is 0.0801 e. The molecule has 3 aromatic rings. The van der Waals surface area contributed by atoms with Crippen molar-refractivity contribution in [2.45, 2.75) is 9.10 Å². The summed E-state index contributed by atoms with van der Waals surface area (Å²) in [5, 5.41) is 2.14. The Balaban J connectivity index is 1.99. The van der Waals surface area contributed by atoms with Crippen molar-refractivity contribution in [3.63, 3.8) is 0 Å². The van der Waals surface area contributed by atoms with Crippen molar-refractivity contribution in [1.29, 1.82) is 0 Å². The summed E-state index contributed by atoms with van der Waals surface area (Å²) in [4.78, 5) is 6.15. The topological polar surface area (TPSA) is 12.4 Å². The Morgan fingerprint density at radius 3 is 2.50 bits per heavy atom. The Morgan fingerprint density at radius 2 is 1.60 bits per heavy atom. The Kier molecular flexibility index (Phi) is 2.94. The lowest BCUT2D eigenvalue weighted by molar-refractivity contribution is 1.38. The highest BCUT2D eigenvalue weighted by Gasteiger charge is 2.19. The molecule has 20 heavy (non-hydrogen) atoms. The van der Waals surface area contributed by atoms with Crippen LogP contribution >= 0.6 is 23.1 Å². The number of para-hydroxylation sites is 1. The van der Waals surface area contributed by atoms with Crippen LogP contribution in [0.25, 0.3) is 0 Å². The second-order valence-electron chi connectivity index (χ2n) is 4.52. The first-order chi connectivity index (χ1) is 9.92. The SMILES string of the molecule is c1ccc(C2=Nc3ccccc3Sc3sccc32)cc1. The summed E-state index contributed by atoms with van der Waals surface area (Å²) in [5.41, 5.74) is 4.53. The van der Waals surface area contributed by atoms with Gasteiger partial charge in [-0.25, -0.2) is 4.99 Å². The fourth-order valence-electron chi connectivity index (χ4n) is 2.28. The van der Waals surface area contributed by atoms with Crippen molar-refractivity contribution in [2.75, 3.05) is 0 Å². The molecular formula is C17H11NS2. The minimum absolute atomic E-state index is 1.06. The molecule has 96 valence electrons. The smallest absolute Gasteiger partial charge is 0.0801 e. The maximum atomic E-state index is 4.93. The average Bonchev–Trinajstić information content (AvgIpc) is 2.89. The van der Waals surface area contributed by atoms with Crippen molar-refractivity contribution in [2.24, 2.45) is 4.99 Å².